The van der Waals surface area contributed by atoms with Crippen LogP contribution in [0.1, 0.15) is 0 Å². The Morgan fingerprint density at radius 2 is 2.20 bits per heavy atom. The zero-order valence-electron chi connectivity index (χ0n) is 5.80. The molecule has 0 saturated carbocycles. The Morgan fingerprint density at radius 1 is 1.50 bits per heavy atom. The highest BCUT2D eigenvalue weighted by Crippen LogP contribution is 1.69. The Morgan fingerprint density at radius 3 is 2.70 bits per heavy atom. The molecule has 5 N–H and O–H groups in total. The molecular formula is C5H13N3O2. The summed E-state index contributed by atoms with van der Waals surface area (Å²) in [5, 5.41) is 2.93. The summed E-state index contributed by atoms with van der Waals surface area (Å²) in [5.41, 5.74) is 9.87. The lowest BCUT2D eigenvalue weighted by Gasteiger charge is -2.01. The summed E-state index contributed by atoms with van der Waals surface area (Å²) in [5.74, 6) is 0. The zero-order valence-corrected chi connectivity index (χ0v) is 5.80. The van der Waals surface area contributed by atoms with Crippen LogP contribution in [-0.4, -0.2) is 32.3 Å². The number of hydrogen-bond donors (Lipinski definition) is 3. The van der Waals surface area contributed by atoms with Gasteiger partial charge in [0.15, 0.2) is 0 Å². The molecule has 0 aromatic heterocycles. The first kappa shape index (κ1) is 9.19. The van der Waals surface area contributed by atoms with Crippen molar-refractivity contribution in [3.63, 3.8) is 0 Å². The molecule has 5 heteroatoms. The van der Waals surface area contributed by atoms with Gasteiger partial charge in [0.25, 0.3) is 0 Å². The number of nitrogens with two attached hydrogens (primary N) is 2. The van der Waals surface area contributed by atoms with Crippen LogP contribution in [-0.2, 0) is 4.74 Å². The Labute approximate surface area is 59.7 Å². The molecule has 0 fully saturated rings. The van der Waals surface area contributed by atoms with Crippen LogP contribution in [0.4, 0.5) is 4.79 Å². The average Bonchev–Trinajstić information content (AvgIpc) is 1.87. The van der Waals surface area contributed by atoms with Gasteiger partial charge in [-0.05, 0) is 0 Å². The zero-order chi connectivity index (χ0) is 7.82. The van der Waals surface area contributed by atoms with E-state index in [1.54, 1.807) is 0 Å². The van der Waals surface area contributed by atoms with E-state index in [1.165, 1.54) is 0 Å². The number of primary amides is 1. The number of carbonyl (C=O) groups excluding carboxylic acids is 1. The maximum absolute atomic E-state index is 9.98. The van der Waals surface area contributed by atoms with Gasteiger partial charge in [-0.2, -0.15) is 0 Å². The molecule has 0 aromatic carbocycles. The number of nitrogens with one attached hydrogen (secondary N) is 1. The molecule has 0 aliphatic rings. The van der Waals surface area contributed by atoms with Gasteiger partial charge < -0.3 is 21.5 Å². The van der Waals surface area contributed by atoms with Crippen molar-refractivity contribution in [3.05, 3.63) is 0 Å². The molecule has 10 heavy (non-hydrogen) atoms. The molecule has 0 atom stereocenters. The molecule has 60 valence electrons. The SMILES string of the molecule is NCCNCCOC(N)=O. The fourth-order valence-electron chi connectivity index (χ4n) is 0.451. The summed E-state index contributed by atoms with van der Waals surface area (Å²) < 4.78 is 4.42. The van der Waals surface area contributed by atoms with E-state index in [0.29, 0.717) is 19.7 Å². The third-order valence-electron chi connectivity index (χ3n) is 0.844. The average molecular weight is 147 g/mol. The number of hydrogen-bond acceptors (Lipinski definition) is 4. The Bertz CT molecular complexity index is 96.9. The number of rotatable bonds is 5. The Hall–Kier alpha value is -0.810. The minimum Gasteiger partial charge on any atom is -0.448 e. The molecular weight excluding hydrogens is 134 g/mol. The van der Waals surface area contributed by atoms with Gasteiger partial charge in [0.2, 0.25) is 0 Å². The lowest BCUT2D eigenvalue weighted by atomic mass is 10.6. The van der Waals surface area contributed by atoms with Gasteiger partial charge in [0.1, 0.15) is 6.61 Å². The second kappa shape index (κ2) is 6.31. The minimum absolute atomic E-state index is 0.301. The van der Waals surface area contributed by atoms with E-state index in [1.807, 2.05) is 0 Å². The quantitative estimate of drug-likeness (QED) is 0.418. The van der Waals surface area contributed by atoms with Gasteiger partial charge in [-0.15, -0.1) is 0 Å². The topological polar surface area (TPSA) is 90.4 Å². The molecule has 1 amide bonds. The van der Waals surface area contributed by atoms with Crippen molar-refractivity contribution in [2.45, 2.75) is 0 Å². The van der Waals surface area contributed by atoms with Crippen molar-refractivity contribution in [2.75, 3.05) is 26.2 Å². The molecule has 0 radical (unpaired) electrons. The second-order valence-electron chi connectivity index (χ2n) is 1.71. The summed E-state index contributed by atoms with van der Waals surface area (Å²) in [7, 11) is 0. The lowest BCUT2D eigenvalue weighted by Crippen LogP contribution is -2.27. The van der Waals surface area contributed by atoms with Crippen LogP contribution in [0, 0.1) is 0 Å². The highest BCUT2D eigenvalue weighted by molar-refractivity contribution is 5.64. The molecule has 0 aliphatic carbocycles. The smallest absolute Gasteiger partial charge is 0.404 e. The highest BCUT2D eigenvalue weighted by atomic mass is 16.5. The van der Waals surface area contributed by atoms with Gasteiger partial charge in [0.05, 0.1) is 0 Å². The van der Waals surface area contributed by atoms with Crippen LogP contribution in [0.3, 0.4) is 0 Å². The molecule has 0 unspecified atom stereocenters. The summed E-state index contributed by atoms with van der Waals surface area (Å²) in [6, 6.07) is 0. The van der Waals surface area contributed by atoms with Gasteiger partial charge in [-0.25, -0.2) is 4.79 Å². The van der Waals surface area contributed by atoms with Crippen molar-refractivity contribution < 1.29 is 9.53 Å². The van der Waals surface area contributed by atoms with Crippen molar-refractivity contribution in [2.24, 2.45) is 11.5 Å². The van der Waals surface area contributed by atoms with Crippen LogP contribution >= 0.6 is 0 Å². The van der Waals surface area contributed by atoms with E-state index in [0.717, 1.165) is 6.54 Å². The van der Waals surface area contributed by atoms with Gasteiger partial charge in [0, 0.05) is 19.6 Å². The summed E-state index contributed by atoms with van der Waals surface area (Å²) >= 11 is 0. The van der Waals surface area contributed by atoms with Crippen molar-refractivity contribution in [3.8, 4) is 0 Å². The minimum atomic E-state index is -0.741. The maximum atomic E-state index is 9.98. The van der Waals surface area contributed by atoms with E-state index in [2.05, 4.69) is 10.1 Å². The van der Waals surface area contributed by atoms with Crippen molar-refractivity contribution in [1.82, 2.24) is 5.32 Å². The standard InChI is InChI=1S/C5H13N3O2/c6-1-2-8-3-4-10-5(7)9/h8H,1-4,6H2,(H2,7,9). The molecule has 0 aliphatic heterocycles. The van der Waals surface area contributed by atoms with E-state index >= 15 is 0 Å². The lowest BCUT2D eigenvalue weighted by molar-refractivity contribution is 0.157. The summed E-state index contributed by atoms with van der Waals surface area (Å²) in [6.45, 7) is 2.20. The predicted molar refractivity (Wildman–Crippen MR) is 37.5 cm³/mol. The monoisotopic (exact) mass is 147 g/mol. The second-order valence-corrected chi connectivity index (χ2v) is 1.71. The summed E-state index contributed by atoms with van der Waals surface area (Å²) in [4.78, 5) is 9.98. The first-order chi connectivity index (χ1) is 4.77. The van der Waals surface area contributed by atoms with Crippen LogP contribution in [0.2, 0.25) is 0 Å². The van der Waals surface area contributed by atoms with E-state index < -0.39 is 6.09 Å². The van der Waals surface area contributed by atoms with E-state index in [9.17, 15) is 4.79 Å². The Kier molecular flexibility index (Phi) is 5.80. The van der Waals surface area contributed by atoms with Gasteiger partial charge in [-0.1, -0.05) is 0 Å². The molecule has 0 aromatic rings. The molecule has 0 saturated heterocycles. The van der Waals surface area contributed by atoms with E-state index in [-0.39, 0.29) is 0 Å². The largest absolute Gasteiger partial charge is 0.448 e. The van der Waals surface area contributed by atoms with Gasteiger partial charge >= 0.3 is 6.09 Å². The van der Waals surface area contributed by atoms with Crippen LogP contribution in [0.15, 0.2) is 0 Å². The number of ether oxygens (including phenoxy) is 1. The normalized spacial score (nSPS) is 9.30. The first-order valence-corrected chi connectivity index (χ1v) is 3.10. The third kappa shape index (κ3) is 7.19. The Balaban J connectivity index is 2.84. The molecule has 0 spiro atoms. The highest BCUT2D eigenvalue weighted by Gasteiger charge is 1.90. The van der Waals surface area contributed by atoms with E-state index in [4.69, 9.17) is 11.5 Å². The molecule has 0 bridgehead atoms. The molecule has 0 rings (SSSR count). The van der Waals surface area contributed by atoms with Crippen LogP contribution in [0.5, 0.6) is 0 Å². The third-order valence-corrected chi connectivity index (χ3v) is 0.844. The molecule has 5 nitrogen and oxygen atoms in total. The fourth-order valence-corrected chi connectivity index (χ4v) is 0.451. The van der Waals surface area contributed by atoms with Crippen molar-refractivity contribution in [1.29, 1.82) is 0 Å². The maximum Gasteiger partial charge on any atom is 0.404 e. The van der Waals surface area contributed by atoms with Crippen LogP contribution in [0.25, 0.3) is 0 Å². The summed E-state index contributed by atoms with van der Waals surface area (Å²) in [6.07, 6.45) is -0.741. The fraction of sp³-hybridized carbons (Fsp3) is 0.800. The van der Waals surface area contributed by atoms with Crippen molar-refractivity contribution >= 4 is 6.09 Å². The van der Waals surface area contributed by atoms with Crippen LogP contribution < -0.4 is 16.8 Å². The molecule has 0 heterocycles. The van der Waals surface area contributed by atoms with Gasteiger partial charge in [-0.3, -0.25) is 0 Å². The predicted octanol–water partition coefficient (Wildman–Crippen LogP) is -1.37. The first-order valence-electron chi connectivity index (χ1n) is 3.10. The number of carbonyl (C=O) groups is 1. The number of amides is 1.